The second-order valence-electron chi connectivity index (χ2n) is 8.39. The molecule has 2 aliphatic rings. The summed E-state index contributed by atoms with van der Waals surface area (Å²) < 4.78 is 38.4. The molecule has 0 spiro atoms. The van der Waals surface area contributed by atoms with Crippen molar-refractivity contribution in [3.63, 3.8) is 0 Å². The van der Waals surface area contributed by atoms with Gasteiger partial charge in [0.1, 0.15) is 0 Å². The van der Waals surface area contributed by atoms with Crippen LogP contribution in [0.2, 0.25) is 0 Å². The molecule has 2 bridgehead atoms. The Balaban J connectivity index is 1.37. The lowest BCUT2D eigenvalue weighted by Crippen LogP contribution is -2.37. The minimum Gasteiger partial charge on any atom is -0.332 e. The first-order chi connectivity index (χ1) is 15.3. The van der Waals surface area contributed by atoms with Crippen LogP contribution in [-0.2, 0) is 12.6 Å². The molecule has 0 radical (unpaired) electrons. The lowest BCUT2D eigenvalue weighted by Gasteiger charge is -2.25. The summed E-state index contributed by atoms with van der Waals surface area (Å²) in [5, 5.41) is 8.26. The molecule has 166 valence electrons. The van der Waals surface area contributed by atoms with E-state index in [4.69, 9.17) is 0 Å². The smallest absolute Gasteiger partial charge is 0.332 e. The molecule has 32 heavy (non-hydrogen) atoms. The first-order valence-electron chi connectivity index (χ1n) is 10.5. The van der Waals surface area contributed by atoms with Crippen LogP contribution in [0, 0.1) is 12.8 Å². The SMILES string of the molecule is Cc1ccc(C(=O)N2C3CCC2C(Cc2ccc(C(F)(F)F)cn2)C3)c(-n2nccn2)n1. The topological polar surface area (TPSA) is 76.8 Å². The third-order valence-corrected chi connectivity index (χ3v) is 6.38. The number of alkyl halides is 3. The highest BCUT2D eigenvalue weighted by Crippen LogP contribution is 2.44. The van der Waals surface area contributed by atoms with Crippen LogP contribution in [0.25, 0.3) is 5.82 Å². The molecule has 7 nitrogen and oxygen atoms in total. The third kappa shape index (κ3) is 3.63. The fourth-order valence-electron chi connectivity index (χ4n) is 4.96. The summed E-state index contributed by atoms with van der Waals surface area (Å²) in [6, 6.07) is 6.18. The standard InChI is InChI=1S/C22H21F3N6O/c1-13-2-6-18(20(29-13)31-27-8-9-28-31)21(32)30-17-5-7-19(30)14(11-17)10-16-4-3-15(12-26-16)22(23,24)25/h2-4,6,8-9,12,14,17,19H,5,7,10-11H2,1H3. The Morgan fingerprint density at radius 3 is 2.59 bits per heavy atom. The summed E-state index contributed by atoms with van der Waals surface area (Å²) in [5.74, 6) is 0.444. The van der Waals surface area contributed by atoms with Gasteiger partial charge in [-0.3, -0.25) is 9.78 Å². The van der Waals surface area contributed by atoms with Crippen LogP contribution >= 0.6 is 0 Å². The zero-order valence-corrected chi connectivity index (χ0v) is 17.3. The Morgan fingerprint density at radius 1 is 1.12 bits per heavy atom. The van der Waals surface area contributed by atoms with Crippen molar-refractivity contribution in [2.45, 2.75) is 50.9 Å². The van der Waals surface area contributed by atoms with Crippen molar-refractivity contribution in [1.82, 2.24) is 29.9 Å². The number of carbonyl (C=O) groups is 1. The highest BCUT2D eigenvalue weighted by Gasteiger charge is 2.49. The van der Waals surface area contributed by atoms with Gasteiger partial charge in [0.15, 0.2) is 5.82 Å². The highest BCUT2D eigenvalue weighted by molar-refractivity contribution is 5.98. The van der Waals surface area contributed by atoms with E-state index in [1.54, 1.807) is 12.1 Å². The molecule has 3 aromatic rings. The molecule has 0 saturated carbocycles. The van der Waals surface area contributed by atoms with Gasteiger partial charge >= 0.3 is 6.18 Å². The number of fused-ring (bicyclic) bond motifs is 2. The summed E-state index contributed by atoms with van der Waals surface area (Å²) in [6.45, 7) is 1.84. The van der Waals surface area contributed by atoms with E-state index in [0.29, 0.717) is 23.5 Å². The average Bonchev–Trinajstić information content (AvgIpc) is 3.49. The Morgan fingerprint density at radius 2 is 1.91 bits per heavy atom. The average molecular weight is 442 g/mol. The predicted octanol–water partition coefficient (Wildman–Crippen LogP) is 3.62. The first kappa shape index (κ1) is 20.6. The van der Waals surface area contributed by atoms with E-state index in [-0.39, 0.29) is 23.9 Å². The van der Waals surface area contributed by atoms with Crippen molar-refractivity contribution in [2.24, 2.45) is 5.92 Å². The van der Waals surface area contributed by atoms with E-state index in [0.717, 1.165) is 37.2 Å². The van der Waals surface area contributed by atoms with Gasteiger partial charge in [0.05, 0.1) is 23.5 Å². The number of halogens is 3. The van der Waals surface area contributed by atoms with E-state index >= 15 is 0 Å². The molecule has 3 unspecified atom stereocenters. The third-order valence-electron chi connectivity index (χ3n) is 6.38. The van der Waals surface area contributed by atoms with Crippen molar-refractivity contribution in [3.8, 4) is 5.82 Å². The molecular formula is C22H21F3N6O. The summed E-state index contributed by atoms with van der Waals surface area (Å²) in [6.07, 6.45) is 2.70. The van der Waals surface area contributed by atoms with Gasteiger partial charge in [-0.05, 0) is 62.8 Å². The fraction of sp³-hybridized carbons (Fsp3) is 0.409. The minimum absolute atomic E-state index is 0.0244. The number of carbonyl (C=O) groups excluding carboxylic acids is 1. The molecule has 0 aliphatic carbocycles. The van der Waals surface area contributed by atoms with Crippen molar-refractivity contribution < 1.29 is 18.0 Å². The number of pyridine rings is 2. The Bertz CT molecular complexity index is 1130. The molecule has 2 fully saturated rings. The number of amides is 1. The van der Waals surface area contributed by atoms with E-state index in [2.05, 4.69) is 20.2 Å². The normalized spacial score (nSPS) is 22.5. The van der Waals surface area contributed by atoms with Crippen LogP contribution in [0.5, 0.6) is 0 Å². The van der Waals surface area contributed by atoms with Crippen LogP contribution in [0.1, 0.15) is 46.6 Å². The Kier molecular flexibility index (Phi) is 4.94. The number of nitrogens with zero attached hydrogens (tertiary/aromatic N) is 6. The maximum absolute atomic E-state index is 13.6. The van der Waals surface area contributed by atoms with Gasteiger partial charge in [0.2, 0.25) is 0 Å². The molecule has 0 N–H and O–H groups in total. The second-order valence-corrected chi connectivity index (χ2v) is 8.39. The molecular weight excluding hydrogens is 421 g/mol. The van der Waals surface area contributed by atoms with E-state index in [1.807, 2.05) is 11.8 Å². The maximum atomic E-state index is 13.6. The van der Waals surface area contributed by atoms with Crippen LogP contribution in [0.4, 0.5) is 13.2 Å². The fourth-order valence-corrected chi connectivity index (χ4v) is 4.96. The number of hydrogen-bond donors (Lipinski definition) is 0. The second kappa shape index (κ2) is 7.68. The summed E-state index contributed by atoms with van der Waals surface area (Å²) in [4.78, 5) is 25.3. The van der Waals surface area contributed by atoms with Gasteiger partial charge < -0.3 is 4.90 Å². The first-order valence-corrected chi connectivity index (χ1v) is 10.5. The van der Waals surface area contributed by atoms with Gasteiger partial charge in [-0.25, -0.2) is 4.98 Å². The van der Waals surface area contributed by atoms with Crippen molar-refractivity contribution >= 4 is 5.91 Å². The maximum Gasteiger partial charge on any atom is 0.417 e. The van der Waals surface area contributed by atoms with Gasteiger partial charge in [-0.2, -0.15) is 23.4 Å². The van der Waals surface area contributed by atoms with Gasteiger partial charge in [-0.1, -0.05) is 0 Å². The molecule has 2 aliphatic heterocycles. The van der Waals surface area contributed by atoms with E-state index in [9.17, 15) is 18.0 Å². The monoisotopic (exact) mass is 442 g/mol. The number of aromatic nitrogens is 5. The highest BCUT2D eigenvalue weighted by atomic mass is 19.4. The number of rotatable bonds is 4. The molecule has 5 rings (SSSR count). The molecule has 3 aromatic heterocycles. The van der Waals surface area contributed by atoms with Crippen LogP contribution in [-0.4, -0.2) is 47.9 Å². The molecule has 1 amide bonds. The number of hydrogen-bond acceptors (Lipinski definition) is 5. The molecule has 5 heterocycles. The quantitative estimate of drug-likeness (QED) is 0.617. The van der Waals surface area contributed by atoms with Crippen molar-refractivity contribution in [3.05, 3.63) is 65.4 Å². The van der Waals surface area contributed by atoms with E-state index in [1.165, 1.54) is 23.3 Å². The summed E-state index contributed by atoms with van der Waals surface area (Å²) >= 11 is 0. The van der Waals surface area contributed by atoms with Crippen LogP contribution < -0.4 is 0 Å². The van der Waals surface area contributed by atoms with Crippen LogP contribution in [0.15, 0.2) is 42.9 Å². The summed E-state index contributed by atoms with van der Waals surface area (Å²) in [5.41, 5.74) is 1.06. The molecule has 2 saturated heterocycles. The lowest BCUT2D eigenvalue weighted by molar-refractivity contribution is -0.137. The van der Waals surface area contributed by atoms with Gasteiger partial charge in [0.25, 0.3) is 5.91 Å². The Labute approximate surface area is 182 Å². The Hall–Kier alpha value is -3.30. The molecule has 10 heteroatoms. The van der Waals surface area contributed by atoms with E-state index < -0.39 is 11.7 Å². The van der Waals surface area contributed by atoms with Crippen LogP contribution in [0.3, 0.4) is 0 Å². The molecule has 0 aromatic carbocycles. The number of aryl methyl sites for hydroxylation is 1. The zero-order valence-electron chi connectivity index (χ0n) is 17.3. The predicted molar refractivity (Wildman–Crippen MR) is 108 cm³/mol. The zero-order chi connectivity index (χ0) is 22.5. The van der Waals surface area contributed by atoms with Gasteiger partial charge in [0, 0.05) is 29.7 Å². The van der Waals surface area contributed by atoms with Gasteiger partial charge in [-0.15, -0.1) is 4.80 Å². The summed E-state index contributed by atoms with van der Waals surface area (Å²) in [7, 11) is 0. The largest absolute Gasteiger partial charge is 0.417 e. The van der Waals surface area contributed by atoms with Crippen molar-refractivity contribution in [1.29, 1.82) is 0 Å². The minimum atomic E-state index is -4.40. The lowest BCUT2D eigenvalue weighted by atomic mass is 9.86. The molecule has 3 atom stereocenters. The van der Waals surface area contributed by atoms with Crippen molar-refractivity contribution in [2.75, 3.05) is 0 Å².